The number of aryl methyl sites for hydroxylation is 2. The van der Waals surface area contributed by atoms with Crippen molar-refractivity contribution < 1.29 is 4.92 Å². The lowest BCUT2D eigenvalue weighted by Crippen LogP contribution is -2.09. The Balaban J connectivity index is 2.32. The molecule has 0 saturated heterocycles. The highest BCUT2D eigenvalue weighted by molar-refractivity contribution is 7.11. The summed E-state index contributed by atoms with van der Waals surface area (Å²) >= 11 is 7.52. The molecule has 5 nitrogen and oxygen atoms in total. The Morgan fingerprint density at radius 3 is 2.70 bits per heavy atom. The summed E-state index contributed by atoms with van der Waals surface area (Å²) in [6, 6.07) is 4.34. The molecule has 7 heteroatoms. The van der Waals surface area contributed by atoms with E-state index < -0.39 is 4.92 Å². The van der Waals surface area contributed by atoms with E-state index in [2.05, 4.69) is 10.3 Å². The first-order valence-corrected chi connectivity index (χ1v) is 7.22. The van der Waals surface area contributed by atoms with Crippen molar-refractivity contribution in [2.24, 2.45) is 0 Å². The third kappa shape index (κ3) is 3.08. The fraction of sp³-hybridized carbons (Fsp3) is 0.308. The predicted octanol–water partition coefficient (Wildman–Crippen LogP) is 4.49. The van der Waals surface area contributed by atoms with Crippen LogP contribution in [0.5, 0.6) is 0 Å². The molecule has 0 bridgehead atoms. The summed E-state index contributed by atoms with van der Waals surface area (Å²) in [7, 11) is 0. The standard InChI is InChI=1S/C13H14ClN3O2S/c1-7(13-8(2)20-9(3)16-13)15-11-6-10(14)4-5-12(11)17(18)19/h4-7,15H,1-3H3. The highest BCUT2D eigenvalue weighted by Crippen LogP contribution is 2.32. The molecule has 106 valence electrons. The Hall–Kier alpha value is -1.66. The van der Waals surface area contributed by atoms with Crippen LogP contribution in [0.1, 0.15) is 28.5 Å². The highest BCUT2D eigenvalue weighted by Gasteiger charge is 2.19. The van der Waals surface area contributed by atoms with Crippen LogP contribution in [0, 0.1) is 24.0 Å². The molecule has 1 aromatic carbocycles. The van der Waals surface area contributed by atoms with Gasteiger partial charge < -0.3 is 5.32 Å². The molecule has 0 saturated carbocycles. The van der Waals surface area contributed by atoms with Gasteiger partial charge in [0.15, 0.2) is 0 Å². The third-order valence-corrected chi connectivity index (χ3v) is 4.01. The van der Waals surface area contributed by atoms with Crippen LogP contribution in [0.4, 0.5) is 11.4 Å². The number of rotatable bonds is 4. The van der Waals surface area contributed by atoms with Crippen molar-refractivity contribution in [3.05, 3.63) is 48.9 Å². The molecule has 1 N–H and O–H groups in total. The van der Waals surface area contributed by atoms with Gasteiger partial charge in [-0.25, -0.2) is 4.98 Å². The number of anilines is 1. The first kappa shape index (κ1) is 14.7. The summed E-state index contributed by atoms with van der Waals surface area (Å²) in [4.78, 5) is 16.2. The molecule has 0 aliphatic carbocycles. The summed E-state index contributed by atoms with van der Waals surface area (Å²) in [5.41, 5.74) is 1.31. The number of nitro benzene ring substituents is 1. The van der Waals surface area contributed by atoms with Crippen LogP contribution in [0.3, 0.4) is 0 Å². The molecule has 0 aliphatic heterocycles. The molecule has 1 heterocycles. The number of aromatic nitrogens is 1. The molecule has 1 unspecified atom stereocenters. The van der Waals surface area contributed by atoms with Crippen LogP contribution in [-0.4, -0.2) is 9.91 Å². The van der Waals surface area contributed by atoms with Gasteiger partial charge >= 0.3 is 0 Å². The van der Waals surface area contributed by atoms with E-state index in [1.807, 2.05) is 20.8 Å². The quantitative estimate of drug-likeness (QED) is 0.667. The van der Waals surface area contributed by atoms with Crippen LogP contribution >= 0.6 is 22.9 Å². The maximum atomic E-state index is 11.0. The van der Waals surface area contributed by atoms with Crippen LogP contribution in [0.15, 0.2) is 18.2 Å². The largest absolute Gasteiger partial charge is 0.371 e. The van der Waals surface area contributed by atoms with Gasteiger partial charge in [0.05, 0.1) is 21.7 Å². The first-order chi connectivity index (χ1) is 9.38. The third-order valence-electron chi connectivity index (χ3n) is 2.88. The van der Waals surface area contributed by atoms with E-state index in [0.29, 0.717) is 10.7 Å². The number of nitrogens with one attached hydrogen (secondary N) is 1. The van der Waals surface area contributed by atoms with E-state index in [0.717, 1.165) is 15.6 Å². The van der Waals surface area contributed by atoms with Crippen molar-refractivity contribution in [3.8, 4) is 0 Å². The Labute approximate surface area is 125 Å². The molecule has 20 heavy (non-hydrogen) atoms. The molecule has 0 radical (unpaired) electrons. The molecular formula is C13H14ClN3O2S. The number of hydrogen-bond acceptors (Lipinski definition) is 5. The lowest BCUT2D eigenvalue weighted by molar-refractivity contribution is -0.384. The molecule has 1 aromatic heterocycles. The number of halogens is 1. The highest BCUT2D eigenvalue weighted by atomic mass is 35.5. The topological polar surface area (TPSA) is 68.1 Å². The van der Waals surface area contributed by atoms with E-state index in [9.17, 15) is 10.1 Å². The van der Waals surface area contributed by atoms with Gasteiger partial charge in [0, 0.05) is 16.0 Å². The molecular weight excluding hydrogens is 298 g/mol. The summed E-state index contributed by atoms with van der Waals surface area (Å²) in [6.07, 6.45) is 0. The monoisotopic (exact) mass is 311 g/mol. The zero-order chi connectivity index (χ0) is 14.9. The van der Waals surface area contributed by atoms with Crippen molar-refractivity contribution in [2.45, 2.75) is 26.8 Å². The predicted molar refractivity (Wildman–Crippen MR) is 81.7 cm³/mol. The molecule has 2 aromatic rings. The fourth-order valence-electron chi connectivity index (χ4n) is 2.03. The molecule has 2 rings (SSSR count). The number of nitro groups is 1. The van der Waals surface area contributed by atoms with Crippen LogP contribution in [0.2, 0.25) is 5.02 Å². The van der Waals surface area contributed by atoms with Crippen molar-refractivity contribution in [3.63, 3.8) is 0 Å². The van der Waals surface area contributed by atoms with Crippen molar-refractivity contribution in [1.82, 2.24) is 4.98 Å². The van der Waals surface area contributed by atoms with E-state index >= 15 is 0 Å². The van der Waals surface area contributed by atoms with Gasteiger partial charge in [0.1, 0.15) is 5.69 Å². The Morgan fingerprint density at radius 2 is 2.15 bits per heavy atom. The Bertz CT molecular complexity index is 657. The summed E-state index contributed by atoms with van der Waals surface area (Å²) in [5.74, 6) is 0. The maximum Gasteiger partial charge on any atom is 0.292 e. The average molecular weight is 312 g/mol. The number of hydrogen-bond donors (Lipinski definition) is 1. The molecule has 1 atom stereocenters. The molecule has 0 fully saturated rings. The maximum absolute atomic E-state index is 11.0. The van der Waals surface area contributed by atoms with E-state index in [1.54, 1.807) is 17.4 Å². The van der Waals surface area contributed by atoms with Crippen LogP contribution in [0.25, 0.3) is 0 Å². The smallest absolute Gasteiger partial charge is 0.292 e. The van der Waals surface area contributed by atoms with Gasteiger partial charge in [-0.05, 0) is 32.9 Å². The minimum absolute atomic E-state index is 0.00542. The number of thiazole rings is 1. The average Bonchev–Trinajstić information content (AvgIpc) is 2.68. The van der Waals surface area contributed by atoms with Gasteiger partial charge in [0.2, 0.25) is 0 Å². The Morgan fingerprint density at radius 1 is 1.45 bits per heavy atom. The Kier molecular flexibility index (Phi) is 4.25. The normalized spacial score (nSPS) is 12.2. The second kappa shape index (κ2) is 5.76. The summed E-state index contributed by atoms with van der Waals surface area (Å²) in [5, 5.41) is 15.6. The van der Waals surface area contributed by atoms with Gasteiger partial charge in [-0.1, -0.05) is 11.6 Å². The second-order valence-electron chi connectivity index (χ2n) is 4.46. The minimum Gasteiger partial charge on any atom is -0.371 e. The molecule has 0 aliphatic rings. The van der Waals surface area contributed by atoms with Gasteiger partial charge in [-0.3, -0.25) is 10.1 Å². The molecule has 0 spiro atoms. The number of nitrogens with zero attached hydrogens (tertiary/aromatic N) is 2. The van der Waals surface area contributed by atoms with Crippen molar-refractivity contribution in [2.75, 3.05) is 5.32 Å². The summed E-state index contributed by atoms with van der Waals surface area (Å²) < 4.78 is 0. The van der Waals surface area contributed by atoms with E-state index in [-0.39, 0.29) is 11.7 Å². The van der Waals surface area contributed by atoms with Crippen molar-refractivity contribution in [1.29, 1.82) is 0 Å². The number of benzene rings is 1. The van der Waals surface area contributed by atoms with Gasteiger partial charge in [0.25, 0.3) is 5.69 Å². The zero-order valence-corrected chi connectivity index (χ0v) is 12.9. The SMILES string of the molecule is Cc1nc(C(C)Nc2cc(Cl)ccc2[N+](=O)[O-])c(C)s1. The van der Waals surface area contributed by atoms with Crippen LogP contribution < -0.4 is 5.32 Å². The van der Waals surface area contributed by atoms with Gasteiger partial charge in [-0.2, -0.15) is 0 Å². The van der Waals surface area contributed by atoms with Crippen LogP contribution in [-0.2, 0) is 0 Å². The first-order valence-electron chi connectivity index (χ1n) is 6.03. The molecule has 0 amide bonds. The zero-order valence-electron chi connectivity index (χ0n) is 11.3. The summed E-state index contributed by atoms with van der Waals surface area (Å²) in [6.45, 7) is 5.85. The second-order valence-corrected chi connectivity index (χ2v) is 6.30. The minimum atomic E-state index is -0.426. The van der Waals surface area contributed by atoms with E-state index in [4.69, 9.17) is 11.6 Å². The van der Waals surface area contributed by atoms with Crippen molar-refractivity contribution >= 4 is 34.3 Å². The van der Waals surface area contributed by atoms with E-state index in [1.165, 1.54) is 12.1 Å². The lowest BCUT2D eigenvalue weighted by Gasteiger charge is -2.14. The fourth-order valence-corrected chi connectivity index (χ4v) is 3.12. The lowest BCUT2D eigenvalue weighted by atomic mass is 10.2. The van der Waals surface area contributed by atoms with Gasteiger partial charge in [-0.15, -0.1) is 11.3 Å².